The summed E-state index contributed by atoms with van der Waals surface area (Å²) in [7, 11) is -2.32. The zero-order chi connectivity index (χ0) is 31.6. The highest BCUT2D eigenvalue weighted by Crippen LogP contribution is 2.42. The Labute approximate surface area is 257 Å². The summed E-state index contributed by atoms with van der Waals surface area (Å²) >= 11 is 0. The molecule has 1 aliphatic carbocycles. The number of sulfonamides is 1. The van der Waals surface area contributed by atoms with E-state index in [4.69, 9.17) is 9.15 Å². The monoisotopic (exact) mass is 620 g/mol. The van der Waals surface area contributed by atoms with E-state index in [1.807, 2.05) is 31.2 Å². The fourth-order valence-electron chi connectivity index (χ4n) is 5.53. The van der Waals surface area contributed by atoms with Gasteiger partial charge in [-0.05, 0) is 49.4 Å². The molecule has 0 radical (unpaired) electrons. The molecule has 1 aromatic heterocycles. The molecule has 1 heterocycles. The van der Waals surface area contributed by atoms with E-state index in [1.54, 1.807) is 50.4 Å². The van der Waals surface area contributed by atoms with Gasteiger partial charge in [-0.3, -0.25) is 13.9 Å². The molecule has 0 unspecified atom stereocenters. The van der Waals surface area contributed by atoms with E-state index in [9.17, 15) is 22.4 Å². The number of amides is 1. The molecule has 3 aromatic carbocycles. The van der Waals surface area contributed by atoms with Crippen molar-refractivity contribution in [3.05, 3.63) is 77.4 Å². The fraction of sp³-hybridized carbons (Fsp3) is 0.353. The number of nitrogens with one attached hydrogen (secondary N) is 1. The Morgan fingerprint density at radius 1 is 1.09 bits per heavy atom. The van der Waals surface area contributed by atoms with Gasteiger partial charge in [-0.1, -0.05) is 48.9 Å². The summed E-state index contributed by atoms with van der Waals surface area (Å²) in [6.07, 6.45) is 3.30. The normalized spacial score (nSPS) is 14.0. The Morgan fingerprint density at radius 3 is 2.43 bits per heavy atom. The second-order valence-electron chi connectivity index (χ2n) is 11.3. The molecule has 0 saturated heterocycles. The second-order valence-corrected chi connectivity index (χ2v) is 13.2. The molecule has 1 fully saturated rings. The van der Waals surface area contributed by atoms with Crippen molar-refractivity contribution in [2.24, 2.45) is 5.92 Å². The van der Waals surface area contributed by atoms with Crippen LogP contribution in [0.25, 0.3) is 33.4 Å². The average molecular weight is 621 g/mol. The third kappa shape index (κ3) is 6.56. The van der Waals surface area contributed by atoms with Crippen LogP contribution in [0.3, 0.4) is 0 Å². The largest absolute Gasteiger partial charge is 0.455 e. The summed E-state index contributed by atoms with van der Waals surface area (Å²) in [6, 6.07) is 17.5. The number of carbonyl (C=O) groups excluding carboxylic acids is 2. The Balaban J connectivity index is 1.71. The molecule has 0 aliphatic heterocycles. The summed E-state index contributed by atoms with van der Waals surface area (Å²) in [5.74, 6) is 0.334. The summed E-state index contributed by atoms with van der Waals surface area (Å²) in [5.41, 5.74) is 3.94. The Hall–Kier alpha value is -4.02. The van der Waals surface area contributed by atoms with Gasteiger partial charge in [0.1, 0.15) is 18.0 Å². The Bertz CT molecular complexity index is 1790. The maximum atomic E-state index is 13.8. The molecule has 1 aliphatic rings. The van der Waals surface area contributed by atoms with E-state index in [2.05, 4.69) is 5.32 Å². The lowest BCUT2D eigenvalue weighted by molar-refractivity contribution is 0.0883. The molecule has 8 nitrogen and oxygen atoms in total. The van der Waals surface area contributed by atoms with Crippen molar-refractivity contribution in [2.45, 2.75) is 39.2 Å². The lowest BCUT2D eigenvalue weighted by Crippen LogP contribution is -2.39. The number of Topliss-reactive ketones (excluding diaryl/α,β-unsaturated/α-hetero) is 1. The molecular formula is C34H37FN2O6S. The average Bonchev–Trinajstić information content (AvgIpc) is 3.79. The molecule has 232 valence electrons. The molecule has 1 atom stereocenters. The number of rotatable bonds is 13. The Kier molecular flexibility index (Phi) is 9.22. The minimum Gasteiger partial charge on any atom is -0.455 e. The summed E-state index contributed by atoms with van der Waals surface area (Å²) in [5, 5.41) is 3.57. The first-order valence-electron chi connectivity index (χ1n) is 14.7. The first-order chi connectivity index (χ1) is 21.0. The van der Waals surface area contributed by atoms with Gasteiger partial charge in [-0.15, -0.1) is 0 Å². The number of ketones is 1. The molecule has 10 heteroatoms. The summed E-state index contributed by atoms with van der Waals surface area (Å²) in [6.45, 7) is 2.80. The molecule has 1 amide bonds. The number of fused-ring (bicyclic) bond motifs is 1. The number of anilines is 1. The van der Waals surface area contributed by atoms with Crippen molar-refractivity contribution >= 4 is 38.4 Å². The van der Waals surface area contributed by atoms with Crippen LogP contribution >= 0.6 is 0 Å². The highest BCUT2D eigenvalue weighted by molar-refractivity contribution is 7.92. The van der Waals surface area contributed by atoms with Crippen molar-refractivity contribution < 1.29 is 31.6 Å². The number of halogens is 1. The predicted molar refractivity (Wildman–Crippen MR) is 170 cm³/mol. The number of aryl methyl sites for hydroxylation is 1. The van der Waals surface area contributed by atoms with E-state index < -0.39 is 23.2 Å². The maximum Gasteiger partial charge on any atom is 0.251 e. The van der Waals surface area contributed by atoms with Crippen molar-refractivity contribution in [3.8, 4) is 22.5 Å². The molecule has 1 saturated carbocycles. The van der Waals surface area contributed by atoms with Crippen LogP contribution in [-0.4, -0.2) is 59.3 Å². The quantitative estimate of drug-likeness (QED) is 0.170. The van der Waals surface area contributed by atoms with Gasteiger partial charge in [0.25, 0.3) is 5.91 Å². The molecule has 1 N–H and O–H groups in total. The zero-order valence-electron chi connectivity index (χ0n) is 25.4. The number of hydrogen-bond donors (Lipinski definition) is 1. The predicted octanol–water partition coefficient (Wildman–Crippen LogP) is 6.56. The molecular weight excluding hydrogens is 583 g/mol. The number of nitrogens with zero attached hydrogens (tertiary/aromatic N) is 1. The molecule has 5 rings (SSSR count). The Morgan fingerprint density at radius 2 is 1.82 bits per heavy atom. The highest BCUT2D eigenvalue weighted by atomic mass is 32.2. The first-order valence-corrected chi connectivity index (χ1v) is 16.5. The van der Waals surface area contributed by atoms with Crippen LogP contribution < -0.4 is 9.62 Å². The van der Waals surface area contributed by atoms with E-state index >= 15 is 0 Å². The van der Waals surface area contributed by atoms with Gasteiger partial charge in [0, 0.05) is 41.7 Å². The van der Waals surface area contributed by atoms with Gasteiger partial charge in [-0.25, -0.2) is 12.8 Å². The fourth-order valence-corrected chi connectivity index (χ4v) is 6.44. The summed E-state index contributed by atoms with van der Waals surface area (Å²) in [4.78, 5) is 26.7. The van der Waals surface area contributed by atoms with Gasteiger partial charge in [0.2, 0.25) is 10.0 Å². The van der Waals surface area contributed by atoms with E-state index in [1.165, 1.54) is 0 Å². The molecule has 0 spiro atoms. The number of methoxy groups -OCH3 is 1. The van der Waals surface area contributed by atoms with Gasteiger partial charge in [0.05, 0.1) is 36.7 Å². The molecule has 0 bridgehead atoms. The van der Waals surface area contributed by atoms with E-state index in [0.29, 0.717) is 57.1 Å². The minimum absolute atomic E-state index is 0.109. The number of ether oxygens (including phenoxy) is 1. The highest BCUT2D eigenvalue weighted by Gasteiger charge is 2.33. The lowest BCUT2D eigenvalue weighted by atomic mass is 9.95. The lowest BCUT2D eigenvalue weighted by Gasteiger charge is -2.24. The molecule has 4 aromatic rings. The van der Waals surface area contributed by atoms with Crippen LogP contribution in [0.1, 0.15) is 52.5 Å². The number of furan rings is 1. The first kappa shape index (κ1) is 31.4. The second kappa shape index (κ2) is 12.9. The van der Waals surface area contributed by atoms with E-state index in [-0.39, 0.29) is 29.8 Å². The van der Waals surface area contributed by atoms with Crippen LogP contribution in [0, 0.1) is 12.8 Å². The smallest absolute Gasteiger partial charge is 0.251 e. The van der Waals surface area contributed by atoms with Gasteiger partial charge < -0.3 is 14.5 Å². The van der Waals surface area contributed by atoms with Crippen molar-refractivity contribution in [2.75, 3.05) is 37.5 Å². The SMILES string of the molecule is CCC(=O)c1c(-c2ccc(C)cc2)oc2cc(N(CCF)S(C)(=O)=O)c(-c3cccc(C(=O)N[C@H](COC)C4CC4)c3)cc12. The summed E-state index contributed by atoms with van der Waals surface area (Å²) < 4.78 is 52.2. The number of alkyl halides is 1. The number of carbonyl (C=O) groups is 2. The zero-order valence-corrected chi connectivity index (χ0v) is 26.2. The van der Waals surface area contributed by atoms with E-state index in [0.717, 1.165) is 29.0 Å². The maximum absolute atomic E-state index is 13.8. The van der Waals surface area contributed by atoms with Gasteiger partial charge >= 0.3 is 0 Å². The van der Waals surface area contributed by atoms with Crippen LogP contribution in [0.5, 0.6) is 0 Å². The minimum atomic E-state index is -3.92. The van der Waals surface area contributed by atoms with Crippen molar-refractivity contribution in [3.63, 3.8) is 0 Å². The van der Waals surface area contributed by atoms with Crippen molar-refractivity contribution in [1.82, 2.24) is 5.32 Å². The third-order valence-corrected chi connectivity index (χ3v) is 9.15. The topological polar surface area (TPSA) is 106 Å². The third-order valence-electron chi connectivity index (χ3n) is 7.97. The van der Waals surface area contributed by atoms with Crippen LogP contribution in [0.4, 0.5) is 10.1 Å². The van der Waals surface area contributed by atoms with Gasteiger partial charge in [0.15, 0.2) is 5.78 Å². The molecule has 44 heavy (non-hydrogen) atoms. The number of benzene rings is 3. The van der Waals surface area contributed by atoms with Crippen LogP contribution in [0.2, 0.25) is 0 Å². The number of hydrogen-bond acceptors (Lipinski definition) is 6. The van der Waals surface area contributed by atoms with Crippen LogP contribution in [-0.2, 0) is 14.8 Å². The standard InChI is InChI=1S/C34H37FN2O6S/c1-5-30(38)32-27-18-26(24-7-6-8-25(17-24)34(39)36-28(20-42-3)22-13-14-22)29(37(16-15-35)44(4,40)41)19-31(27)43-33(32)23-11-9-21(2)10-12-23/h6-12,17-19,22,28H,5,13-16,20H2,1-4H3,(H,36,39)/t28-/m1/s1. The van der Waals surface area contributed by atoms with Crippen molar-refractivity contribution in [1.29, 1.82) is 0 Å². The van der Waals surface area contributed by atoms with Gasteiger partial charge in [-0.2, -0.15) is 0 Å². The van der Waals surface area contributed by atoms with Crippen LogP contribution in [0.15, 0.2) is 65.1 Å².